The fourth-order valence-electron chi connectivity index (χ4n) is 8.90. The van der Waals surface area contributed by atoms with Gasteiger partial charge in [0.2, 0.25) is 0 Å². The molecule has 10 aromatic rings. The van der Waals surface area contributed by atoms with Crippen LogP contribution in [0.15, 0.2) is 186 Å². The van der Waals surface area contributed by atoms with Crippen molar-refractivity contribution in [3.8, 4) is 67.3 Å². The van der Waals surface area contributed by atoms with Crippen LogP contribution < -0.4 is 0 Å². The molecule has 2 aromatic heterocycles. The Morgan fingerprint density at radius 1 is 0.393 bits per heavy atom. The zero-order valence-electron chi connectivity index (χ0n) is 31.1. The zero-order valence-corrected chi connectivity index (χ0v) is 31.1. The van der Waals surface area contributed by atoms with Crippen molar-refractivity contribution in [1.29, 1.82) is 0 Å². The van der Waals surface area contributed by atoms with Crippen molar-refractivity contribution in [3.05, 3.63) is 193 Å². The van der Waals surface area contributed by atoms with Gasteiger partial charge in [-0.15, -0.1) is 0 Å². The molecule has 0 bridgehead atoms. The van der Waals surface area contributed by atoms with Crippen LogP contribution in [0, 0.1) is 0 Å². The van der Waals surface area contributed by atoms with Crippen LogP contribution in [0.25, 0.3) is 100.0 Å². The van der Waals surface area contributed by atoms with Crippen LogP contribution in [0.3, 0.4) is 0 Å². The second-order valence-corrected chi connectivity index (χ2v) is 15.4. The van der Waals surface area contributed by atoms with Gasteiger partial charge < -0.3 is 4.42 Å². The SMILES string of the molecule is CC1(C)c2ccccc2-c2c(-c3cc(-c4cc(-c5ccc6c(c5)oc5ccccc56)cc(-c5cccc6ccccc56)c4)nc(-c4ccccc4)n3)cccc21. The summed E-state index contributed by atoms with van der Waals surface area (Å²) in [6.07, 6.45) is 0. The summed E-state index contributed by atoms with van der Waals surface area (Å²) in [5, 5.41) is 4.65. The van der Waals surface area contributed by atoms with E-state index in [1.54, 1.807) is 0 Å². The van der Waals surface area contributed by atoms with E-state index in [9.17, 15) is 0 Å². The first-order chi connectivity index (χ1) is 27.5. The van der Waals surface area contributed by atoms with Crippen molar-refractivity contribution in [3.63, 3.8) is 0 Å². The summed E-state index contributed by atoms with van der Waals surface area (Å²) in [5.41, 5.74) is 16.2. The molecule has 11 rings (SSSR count). The molecule has 0 atom stereocenters. The molecule has 0 amide bonds. The molecule has 2 heterocycles. The lowest BCUT2D eigenvalue weighted by atomic mass is 9.82. The first kappa shape index (κ1) is 32.3. The Balaban J connectivity index is 1.17. The molecule has 0 saturated heterocycles. The first-order valence-electron chi connectivity index (χ1n) is 19.2. The van der Waals surface area contributed by atoms with E-state index in [4.69, 9.17) is 14.4 Å². The minimum Gasteiger partial charge on any atom is -0.456 e. The maximum atomic E-state index is 6.39. The van der Waals surface area contributed by atoms with Crippen molar-refractivity contribution >= 4 is 32.7 Å². The van der Waals surface area contributed by atoms with Crippen molar-refractivity contribution in [2.24, 2.45) is 0 Å². The highest BCUT2D eigenvalue weighted by Gasteiger charge is 2.36. The molecule has 0 fully saturated rings. The minimum absolute atomic E-state index is 0.122. The van der Waals surface area contributed by atoms with Gasteiger partial charge in [0.05, 0.1) is 11.4 Å². The highest BCUT2D eigenvalue weighted by Crippen LogP contribution is 2.52. The summed E-state index contributed by atoms with van der Waals surface area (Å²) < 4.78 is 6.39. The van der Waals surface area contributed by atoms with E-state index < -0.39 is 0 Å². The van der Waals surface area contributed by atoms with Crippen LogP contribution in [0.2, 0.25) is 0 Å². The Morgan fingerprint density at radius 2 is 1.04 bits per heavy atom. The lowest BCUT2D eigenvalue weighted by Crippen LogP contribution is -2.14. The number of furan rings is 1. The van der Waals surface area contributed by atoms with E-state index in [1.165, 1.54) is 38.6 Å². The first-order valence-corrected chi connectivity index (χ1v) is 19.2. The highest BCUT2D eigenvalue weighted by atomic mass is 16.3. The van der Waals surface area contributed by atoms with Gasteiger partial charge in [0, 0.05) is 32.9 Å². The molecular formula is C53H36N2O. The number of para-hydroxylation sites is 1. The van der Waals surface area contributed by atoms with E-state index in [2.05, 4.69) is 178 Å². The smallest absolute Gasteiger partial charge is 0.160 e. The maximum absolute atomic E-state index is 6.39. The van der Waals surface area contributed by atoms with Gasteiger partial charge in [-0.1, -0.05) is 153 Å². The fourth-order valence-corrected chi connectivity index (χ4v) is 8.90. The lowest BCUT2D eigenvalue weighted by molar-refractivity contribution is 0.660. The Kier molecular flexibility index (Phi) is 7.20. The van der Waals surface area contributed by atoms with Gasteiger partial charge in [-0.3, -0.25) is 0 Å². The predicted molar refractivity (Wildman–Crippen MR) is 232 cm³/mol. The van der Waals surface area contributed by atoms with Crippen molar-refractivity contribution < 1.29 is 4.42 Å². The third-order valence-corrected chi connectivity index (χ3v) is 11.7. The van der Waals surface area contributed by atoms with Gasteiger partial charge in [0.15, 0.2) is 5.82 Å². The molecular weight excluding hydrogens is 681 g/mol. The Bertz CT molecular complexity index is 3170. The molecule has 8 aromatic carbocycles. The zero-order chi connectivity index (χ0) is 37.4. The molecule has 0 spiro atoms. The number of benzene rings is 8. The molecule has 0 aliphatic heterocycles. The van der Waals surface area contributed by atoms with Crippen LogP contribution in [-0.2, 0) is 5.41 Å². The van der Waals surface area contributed by atoms with Gasteiger partial charge in [0.25, 0.3) is 0 Å². The molecule has 3 nitrogen and oxygen atoms in total. The lowest BCUT2D eigenvalue weighted by Gasteiger charge is -2.21. The predicted octanol–water partition coefficient (Wildman–Crippen LogP) is 14.2. The number of hydrogen-bond acceptors (Lipinski definition) is 3. The van der Waals surface area contributed by atoms with E-state index in [-0.39, 0.29) is 5.41 Å². The van der Waals surface area contributed by atoms with Crippen molar-refractivity contribution in [1.82, 2.24) is 9.97 Å². The molecule has 56 heavy (non-hydrogen) atoms. The Morgan fingerprint density at radius 3 is 1.95 bits per heavy atom. The maximum Gasteiger partial charge on any atom is 0.160 e. The molecule has 264 valence electrons. The Hall–Kier alpha value is -7.10. The van der Waals surface area contributed by atoms with Crippen LogP contribution in [-0.4, -0.2) is 9.97 Å². The average Bonchev–Trinajstić information content (AvgIpc) is 3.75. The van der Waals surface area contributed by atoms with E-state index in [0.29, 0.717) is 5.82 Å². The van der Waals surface area contributed by atoms with Crippen LogP contribution in [0.5, 0.6) is 0 Å². The normalized spacial score (nSPS) is 13.0. The second-order valence-electron chi connectivity index (χ2n) is 15.4. The average molecular weight is 717 g/mol. The quantitative estimate of drug-likeness (QED) is 0.178. The molecule has 0 N–H and O–H groups in total. The van der Waals surface area contributed by atoms with Gasteiger partial charge in [-0.25, -0.2) is 9.97 Å². The number of rotatable bonds is 5. The van der Waals surface area contributed by atoms with E-state index in [0.717, 1.165) is 66.7 Å². The number of nitrogens with zero attached hydrogens (tertiary/aromatic N) is 2. The fraction of sp³-hybridized carbons (Fsp3) is 0.0566. The molecule has 3 heteroatoms. The molecule has 0 unspecified atom stereocenters. The monoisotopic (exact) mass is 716 g/mol. The van der Waals surface area contributed by atoms with Crippen LogP contribution in [0.1, 0.15) is 25.0 Å². The summed E-state index contributed by atoms with van der Waals surface area (Å²) in [7, 11) is 0. The van der Waals surface area contributed by atoms with E-state index >= 15 is 0 Å². The van der Waals surface area contributed by atoms with Crippen molar-refractivity contribution in [2.45, 2.75) is 19.3 Å². The van der Waals surface area contributed by atoms with Gasteiger partial charge in [-0.2, -0.15) is 0 Å². The standard InChI is InChI=1S/C53H36N2O/c1-53(2)45-23-10-8-20-43(45)51-44(22-13-24-46(51)53)48-32-47(54-52(55-48)34-15-4-3-5-16-34)38-29-36(28-37(30-38)40-21-12-17-33-14-6-7-18-39(33)40)35-26-27-42-41-19-9-11-25-49(41)56-50(42)31-35/h3-32H,1-2H3. The number of aromatic nitrogens is 2. The second kappa shape index (κ2) is 12.5. The van der Waals surface area contributed by atoms with Gasteiger partial charge in [-0.05, 0) is 97.7 Å². The molecule has 0 saturated carbocycles. The number of hydrogen-bond donors (Lipinski definition) is 0. The van der Waals surface area contributed by atoms with E-state index in [1.807, 2.05) is 18.2 Å². The van der Waals surface area contributed by atoms with Gasteiger partial charge in [0.1, 0.15) is 11.2 Å². The van der Waals surface area contributed by atoms with Gasteiger partial charge >= 0.3 is 0 Å². The van der Waals surface area contributed by atoms with Crippen LogP contribution >= 0.6 is 0 Å². The third kappa shape index (κ3) is 5.12. The Labute approximate surface area is 325 Å². The topological polar surface area (TPSA) is 38.9 Å². The molecule has 1 aliphatic rings. The molecule has 0 radical (unpaired) electrons. The highest BCUT2D eigenvalue weighted by molar-refractivity contribution is 6.06. The summed E-state index contributed by atoms with van der Waals surface area (Å²) in [6.45, 7) is 4.65. The summed E-state index contributed by atoms with van der Waals surface area (Å²) in [4.78, 5) is 10.7. The summed E-state index contributed by atoms with van der Waals surface area (Å²) >= 11 is 0. The van der Waals surface area contributed by atoms with Crippen LogP contribution in [0.4, 0.5) is 0 Å². The largest absolute Gasteiger partial charge is 0.456 e. The minimum atomic E-state index is -0.122. The summed E-state index contributed by atoms with van der Waals surface area (Å²) in [5.74, 6) is 0.696. The summed E-state index contributed by atoms with van der Waals surface area (Å²) in [6, 6.07) is 64.9. The third-order valence-electron chi connectivity index (χ3n) is 11.7. The number of fused-ring (bicyclic) bond motifs is 7. The molecule has 1 aliphatic carbocycles. The van der Waals surface area contributed by atoms with Crippen molar-refractivity contribution in [2.75, 3.05) is 0 Å².